The van der Waals surface area contributed by atoms with Gasteiger partial charge in [-0.1, -0.05) is 5.16 Å². The molecule has 0 bridgehead atoms. The summed E-state index contributed by atoms with van der Waals surface area (Å²) in [6, 6.07) is 3.55. The zero-order valence-electron chi connectivity index (χ0n) is 16.5. The number of carbonyl (C=O) groups excluding carboxylic acids is 2. The fourth-order valence-corrected chi connectivity index (χ4v) is 4.24. The number of amides is 2. The summed E-state index contributed by atoms with van der Waals surface area (Å²) in [6.45, 7) is 4.98. The van der Waals surface area contributed by atoms with E-state index in [0.717, 1.165) is 17.0 Å². The Morgan fingerprint density at radius 1 is 1.32 bits per heavy atom. The van der Waals surface area contributed by atoms with Crippen LogP contribution in [0.5, 0.6) is 0 Å². The number of piperidine rings is 1. The average Bonchev–Trinajstić information content (AvgIpc) is 3.02. The van der Waals surface area contributed by atoms with Crippen LogP contribution in [-0.4, -0.2) is 52.7 Å². The molecule has 1 fully saturated rings. The lowest BCUT2D eigenvalue weighted by Gasteiger charge is -2.50. The van der Waals surface area contributed by atoms with E-state index in [1.807, 2.05) is 25.8 Å². The fraction of sp³-hybridized carbons (Fsp3) is 0.500. The molecule has 1 N–H and O–H groups in total. The first kappa shape index (κ1) is 18.5. The van der Waals surface area contributed by atoms with Gasteiger partial charge in [0, 0.05) is 51.2 Å². The molecule has 0 aliphatic carbocycles. The van der Waals surface area contributed by atoms with E-state index in [1.165, 1.54) is 0 Å². The van der Waals surface area contributed by atoms with Crippen LogP contribution in [0.2, 0.25) is 0 Å². The molecule has 0 aromatic carbocycles. The Labute approximate surface area is 163 Å². The zero-order chi connectivity index (χ0) is 19.9. The van der Waals surface area contributed by atoms with Crippen LogP contribution < -0.4 is 10.2 Å². The van der Waals surface area contributed by atoms with E-state index in [4.69, 9.17) is 4.52 Å². The van der Waals surface area contributed by atoms with Crippen LogP contribution in [0.1, 0.15) is 46.6 Å². The molecule has 1 spiro atoms. The van der Waals surface area contributed by atoms with Crippen LogP contribution in [0.4, 0.5) is 5.82 Å². The van der Waals surface area contributed by atoms with Gasteiger partial charge in [0.1, 0.15) is 17.2 Å². The summed E-state index contributed by atoms with van der Waals surface area (Å²) in [6.07, 6.45) is 4.11. The minimum Gasteiger partial charge on any atom is -0.361 e. The van der Waals surface area contributed by atoms with Crippen LogP contribution in [0.25, 0.3) is 0 Å². The van der Waals surface area contributed by atoms with Gasteiger partial charge in [0.05, 0.1) is 11.3 Å². The van der Waals surface area contributed by atoms with Crippen LogP contribution in [0, 0.1) is 13.8 Å². The molecule has 2 aromatic heterocycles. The second-order valence-electron chi connectivity index (χ2n) is 7.60. The van der Waals surface area contributed by atoms with Crippen molar-refractivity contribution in [3.63, 3.8) is 0 Å². The lowest BCUT2D eigenvalue weighted by molar-refractivity contribution is -0.132. The van der Waals surface area contributed by atoms with Gasteiger partial charge in [-0.15, -0.1) is 0 Å². The van der Waals surface area contributed by atoms with Crippen molar-refractivity contribution in [2.24, 2.45) is 0 Å². The number of pyridine rings is 1. The van der Waals surface area contributed by atoms with Crippen molar-refractivity contribution in [3.8, 4) is 0 Å². The van der Waals surface area contributed by atoms with Crippen LogP contribution in [0.3, 0.4) is 0 Å². The maximum atomic E-state index is 12.7. The molecular formula is C20H25N5O3. The van der Waals surface area contributed by atoms with E-state index >= 15 is 0 Å². The number of aryl methyl sites for hydroxylation is 2. The van der Waals surface area contributed by atoms with Gasteiger partial charge in [-0.2, -0.15) is 0 Å². The standard InChI is InChI=1S/C20H25N5O3/c1-13-15(14(2)28-23-13)6-7-17(26)25-11-8-20(9-12-25)22-19(27)16-5-4-10-21-18(16)24(20)3/h4-5,10H,6-9,11-12H2,1-3H3,(H,22,27). The molecule has 1 saturated heterocycles. The third-order valence-corrected chi connectivity index (χ3v) is 6.05. The average molecular weight is 383 g/mol. The number of carbonyl (C=O) groups is 2. The van der Waals surface area contributed by atoms with Gasteiger partial charge in [-0.25, -0.2) is 4.98 Å². The van der Waals surface area contributed by atoms with E-state index in [2.05, 4.69) is 20.4 Å². The number of rotatable bonds is 3. The van der Waals surface area contributed by atoms with Gasteiger partial charge in [0.25, 0.3) is 5.91 Å². The van der Waals surface area contributed by atoms with Crippen molar-refractivity contribution in [2.45, 2.75) is 45.2 Å². The predicted molar refractivity (Wildman–Crippen MR) is 103 cm³/mol. The van der Waals surface area contributed by atoms with Crippen LogP contribution in [-0.2, 0) is 11.2 Å². The lowest BCUT2D eigenvalue weighted by atomic mass is 9.91. The normalized spacial score (nSPS) is 18.2. The first-order valence-electron chi connectivity index (χ1n) is 9.62. The SMILES string of the molecule is Cc1noc(C)c1CCC(=O)N1CCC2(CC1)NC(=O)c1cccnc1N2C. The molecular weight excluding hydrogens is 358 g/mol. The molecule has 0 unspecified atom stereocenters. The lowest BCUT2D eigenvalue weighted by Crippen LogP contribution is -2.67. The topological polar surface area (TPSA) is 91.6 Å². The highest BCUT2D eigenvalue weighted by Gasteiger charge is 2.45. The summed E-state index contributed by atoms with van der Waals surface area (Å²) in [4.78, 5) is 33.6. The molecule has 148 valence electrons. The van der Waals surface area contributed by atoms with Crippen molar-refractivity contribution in [3.05, 3.63) is 40.9 Å². The van der Waals surface area contributed by atoms with Crippen LogP contribution >= 0.6 is 0 Å². The van der Waals surface area contributed by atoms with E-state index in [9.17, 15) is 9.59 Å². The van der Waals surface area contributed by atoms with Gasteiger partial charge >= 0.3 is 0 Å². The number of fused-ring (bicyclic) bond motifs is 1. The molecule has 2 amide bonds. The largest absolute Gasteiger partial charge is 0.361 e. The van der Waals surface area contributed by atoms with Gasteiger partial charge in [0.2, 0.25) is 5.91 Å². The van der Waals surface area contributed by atoms with Crippen molar-refractivity contribution in [1.82, 2.24) is 20.4 Å². The van der Waals surface area contributed by atoms with E-state index in [-0.39, 0.29) is 11.8 Å². The van der Waals surface area contributed by atoms with Gasteiger partial charge in [-0.05, 0) is 32.4 Å². The molecule has 8 nitrogen and oxygen atoms in total. The van der Waals surface area contributed by atoms with Crippen molar-refractivity contribution in [2.75, 3.05) is 25.0 Å². The molecule has 8 heteroatoms. The highest BCUT2D eigenvalue weighted by molar-refractivity contribution is 6.01. The third-order valence-electron chi connectivity index (χ3n) is 6.05. The maximum absolute atomic E-state index is 12.7. The van der Waals surface area contributed by atoms with Crippen LogP contribution in [0.15, 0.2) is 22.9 Å². The first-order chi connectivity index (χ1) is 13.4. The molecule has 0 saturated carbocycles. The first-order valence-corrected chi connectivity index (χ1v) is 9.62. The summed E-state index contributed by atoms with van der Waals surface area (Å²) >= 11 is 0. The van der Waals surface area contributed by atoms with Gasteiger partial charge in [0.15, 0.2) is 0 Å². The molecule has 4 rings (SSSR count). The van der Waals surface area contributed by atoms with Crippen molar-refractivity contribution < 1.29 is 14.1 Å². The summed E-state index contributed by atoms with van der Waals surface area (Å²) in [5, 5.41) is 7.10. The van der Waals surface area contributed by atoms with Gasteiger partial charge < -0.3 is 19.6 Å². The predicted octanol–water partition coefficient (Wildman–Crippen LogP) is 1.82. The summed E-state index contributed by atoms with van der Waals surface area (Å²) in [5.74, 6) is 1.50. The van der Waals surface area contributed by atoms with E-state index in [1.54, 1.807) is 18.3 Å². The monoisotopic (exact) mass is 383 g/mol. The number of likely N-dealkylation sites (tertiary alicyclic amines) is 1. The molecule has 2 aliphatic rings. The van der Waals surface area contributed by atoms with Crippen molar-refractivity contribution >= 4 is 17.6 Å². The molecule has 0 radical (unpaired) electrons. The summed E-state index contributed by atoms with van der Waals surface area (Å²) in [7, 11) is 1.96. The number of nitrogens with zero attached hydrogens (tertiary/aromatic N) is 4. The zero-order valence-corrected chi connectivity index (χ0v) is 16.5. The minimum atomic E-state index is -0.489. The quantitative estimate of drug-likeness (QED) is 0.869. The number of hydrogen-bond donors (Lipinski definition) is 1. The Hall–Kier alpha value is -2.90. The summed E-state index contributed by atoms with van der Waals surface area (Å²) < 4.78 is 5.17. The van der Waals surface area contributed by atoms with E-state index < -0.39 is 5.66 Å². The number of aromatic nitrogens is 2. The number of anilines is 1. The smallest absolute Gasteiger partial charge is 0.256 e. The highest BCUT2D eigenvalue weighted by Crippen LogP contribution is 2.34. The second-order valence-corrected chi connectivity index (χ2v) is 7.60. The third kappa shape index (κ3) is 3.02. The Bertz CT molecular complexity index is 895. The highest BCUT2D eigenvalue weighted by atomic mass is 16.5. The Morgan fingerprint density at radius 2 is 2.07 bits per heavy atom. The molecule has 2 aromatic rings. The second kappa shape index (κ2) is 6.92. The Balaban J connectivity index is 1.40. The molecule has 2 aliphatic heterocycles. The van der Waals surface area contributed by atoms with Crippen molar-refractivity contribution in [1.29, 1.82) is 0 Å². The molecule has 4 heterocycles. The minimum absolute atomic E-state index is 0.0978. The molecule has 28 heavy (non-hydrogen) atoms. The molecule has 0 atom stereocenters. The Kier molecular flexibility index (Phi) is 4.56. The number of hydrogen-bond acceptors (Lipinski definition) is 6. The number of nitrogens with one attached hydrogen (secondary N) is 1. The van der Waals surface area contributed by atoms with E-state index in [0.29, 0.717) is 50.2 Å². The maximum Gasteiger partial charge on any atom is 0.256 e. The van der Waals surface area contributed by atoms with Gasteiger partial charge in [-0.3, -0.25) is 9.59 Å². The Morgan fingerprint density at radius 3 is 2.75 bits per heavy atom. The fourth-order valence-electron chi connectivity index (χ4n) is 4.24. The summed E-state index contributed by atoms with van der Waals surface area (Å²) in [5.41, 5.74) is 1.97.